The zero-order valence-electron chi connectivity index (χ0n) is 43.9. The van der Waals surface area contributed by atoms with E-state index in [4.69, 9.17) is 37.0 Å². The Morgan fingerprint density at radius 1 is 0.523 bits per heavy atom. The SMILES string of the molecule is CCCCCCCCCCCC[N+](C)(C)CCCCOCC(C)(COCC(C)(COCCC(F)F)COC(=O)CCCC[Si](C)(C)C)COC(=O)CCCC[Si](OCC)(OCC)OCC. The number of nitrogens with zero attached hydrogens (tertiary/aromatic N) is 1. The number of alkyl halides is 2. The van der Waals surface area contributed by atoms with Crippen molar-refractivity contribution in [1.29, 1.82) is 0 Å². The van der Waals surface area contributed by atoms with Gasteiger partial charge in [0.2, 0.25) is 6.43 Å². The zero-order chi connectivity index (χ0) is 48.9. The van der Waals surface area contributed by atoms with Gasteiger partial charge in [0, 0.05) is 70.6 Å². The first-order valence-electron chi connectivity index (χ1n) is 25.8. The maximum Gasteiger partial charge on any atom is 0.500 e. The first-order valence-corrected chi connectivity index (χ1v) is 31.5. The first-order chi connectivity index (χ1) is 30.8. The van der Waals surface area contributed by atoms with E-state index in [1.807, 2.05) is 34.6 Å². The van der Waals surface area contributed by atoms with Crippen LogP contribution in [-0.4, -0.2) is 140 Å². The van der Waals surface area contributed by atoms with Crippen molar-refractivity contribution in [3.63, 3.8) is 0 Å². The molecule has 0 aromatic heterocycles. The van der Waals surface area contributed by atoms with E-state index in [9.17, 15) is 18.4 Å². The Morgan fingerprint density at radius 3 is 1.38 bits per heavy atom. The number of unbranched alkanes of at least 4 members (excludes halogenated alkanes) is 12. The van der Waals surface area contributed by atoms with Crippen molar-refractivity contribution < 1.29 is 59.8 Å². The largest absolute Gasteiger partial charge is 0.500 e. The molecule has 0 bridgehead atoms. The van der Waals surface area contributed by atoms with E-state index in [0.29, 0.717) is 58.3 Å². The number of hydrogen-bond acceptors (Lipinski definition) is 10. The standard InChI is InChI=1S/C50H102F2NO10Si2/c1-12-16-17-18-19-20-21-22-23-26-34-53(7,8)35-27-28-36-56-40-49(5,44-59-48(55)32-25-30-39-65(61-13-2,62-14-3)63-15-4)42-58-43-50(6,41-57-37-33-46(51)52)45-60-47(54)31-24-29-38-64(9,10)11/h46H,12-45H2,1-11H3/q+1. The number of carbonyl (C=O) groups excluding carboxylic acids is 2. The lowest BCUT2D eigenvalue weighted by atomic mass is 9.92. The molecule has 0 radical (unpaired) electrons. The van der Waals surface area contributed by atoms with E-state index in [1.165, 1.54) is 70.8 Å². The number of quaternary nitrogens is 1. The topological polar surface area (TPSA) is 108 Å². The van der Waals surface area contributed by atoms with Crippen molar-refractivity contribution in [2.75, 3.05) is 99.9 Å². The lowest BCUT2D eigenvalue weighted by Gasteiger charge is -2.33. The van der Waals surface area contributed by atoms with Crippen molar-refractivity contribution in [3.8, 4) is 0 Å². The van der Waals surface area contributed by atoms with Crippen LogP contribution in [0.2, 0.25) is 31.7 Å². The minimum absolute atomic E-state index is 0.0326. The Morgan fingerprint density at radius 2 is 0.938 bits per heavy atom. The Balaban J connectivity index is 5.42. The normalized spacial score (nSPS) is 14.4. The molecule has 0 heterocycles. The Labute approximate surface area is 399 Å². The number of ether oxygens (including phenoxy) is 5. The summed E-state index contributed by atoms with van der Waals surface area (Å²) in [5, 5.41) is 0. The van der Waals surface area contributed by atoms with Crippen molar-refractivity contribution in [2.45, 2.75) is 202 Å². The third-order valence-electron chi connectivity index (χ3n) is 11.6. The van der Waals surface area contributed by atoms with Gasteiger partial charge >= 0.3 is 20.7 Å². The van der Waals surface area contributed by atoms with E-state index >= 15 is 0 Å². The maximum atomic E-state index is 13.1. The molecule has 65 heavy (non-hydrogen) atoms. The van der Waals surface area contributed by atoms with Gasteiger partial charge in [-0.1, -0.05) is 104 Å². The van der Waals surface area contributed by atoms with Gasteiger partial charge in [-0.15, -0.1) is 0 Å². The van der Waals surface area contributed by atoms with Crippen LogP contribution in [0.3, 0.4) is 0 Å². The molecule has 11 nitrogen and oxygen atoms in total. The van der Waals surface area contributed by atoms with Gasteiger partial charge in [0.25, 0.3) is 0 Å². The van der Waals surface area contributed by atoms with Gasteiger partial charge in [-0.3, -0.25) is 9.59 Å². The second-order valence-corrected chi connectivity index (χ2v) is 29.3. The molecule has 0 fully saturated rings. The fourth-order valence-electron chi connectivity index (χ4n) is 7.68. The number of esters is 2. The van der Waals surface area contributed by atoms with Crippen LogP contribution in [0, 0.1) is 10.8 Å². The monoisotopic (exact) mass is 971 g/mol. The highest BCUT2D eigenvalue weighted by Gasteiger charge is 2.40. The van der Waals surface area contributed by atoms with Gasteiger partial charge in [-0.25, -0.2) is 8.78 Å². The van der Waals surface area contributed by atoms with Crippen LogP contribution in [0.1, 0.15) is 164 Å². The smallest absolute Gasteiger partial charge is 0.465 e. The minimum atomic E-state index is -2.80. The van der Waals surface area contributed by atoms with Crippen LogP contribution < -0.4 is 0 Å². The molecule has 0 spiro atoms. The van der Waals surface area contributed by atoms with Crippen molar-refractivity contribution in [2.24, 2.45) is 10.8 Å². The van der Waals surface area contributed by atoms with E-state index < -0.39 is 34.1 Å². The summed E-state index contributed by atoms with van der Waals surface area (Å²) < 4.78 is 74.6. The van der Waals surface area contributed by atoms with Gasteiger partial charge in [-0.2, -0.15) is 0 Å². The average Bonchev–Trinajstić information content (AvgIpc) is 3.23. The zero-order valence-corrected chi connectivity index (χ0v) is 45.9. The third kappa shape index (κ3) is 37.5. The molecule has 0 N–H and O–H groups in total. The minimum Gasteiger partial charge on any atom is -0.465 e. The summed E-state index contributed by atoms with van der Waals surface area (Å²) in [6.07, 6.45) is 16.2. The molecule has 0 rings (SSSR count). The lowest BCUT2D eigenvalue weighted by molar-refractivity contribution is -0.890. The number of rotatable bonds is 47. The summed E-state index contributed by atoms with van der Waals surface area (Å²) in [6.45, 7) is 24.0. The summed E-state index contributed by atoms with van der Waals surface area (Å²) in [5.41, 5.74) is -1.46. The Hall–Kier alpha value is -1.05. The molecule has 0 aliphatic rings. The van der Waals surface area contributed by atoms with Crippen LogP contribution in [0.4, 0.5) is 8.78 Å². The molecule has 388 valence electrons. The molecule has 0 aliphatic carbocycles. The fraction of sp³-hybridized carbons (Fsp3) is 0.960. The predicted octanol–water partition coefficient (Wildman–Crippen LogP) is 12.3. The lowest BCUT2D eigenvalue weighted by Crippen LogP contribution is -2.45. The maximum absolute atomic E-state index is 13.1. The second-order valence-electron chi connectivity index (χ2n) is 20.9. The summed E-state index contributed by atoms with van der Waals surface area (Å²) in [6, 6.07) is 1.78. The Kier molecular flexibility index (Phi) is 37.2. The highest BCUT2D eigenvalue weighted by atomic mass is 28.4. The van der Waals surface area contributed by atoms with Crippen molar-refractivity contribution in [1.82, 2.24) is 0 Å². The molecule has 0 saturated carbocycles. The summed E-state index contributed by atoms with van der Waals surface area (Å²) in [4.78, 5) is 25.8. The van der Waals surface area contributed by atoms with Crippen LogP contribution >= 0.6 is 0 Å². The van der Waals surface area contributed by atoms with E-state index in [0.717, 1.165) is 42.8 Å². The van der Waals surface area contributed by atoms with E-state index in [2.05, 4.69) is 40.7 Å². The highest BCUT2D eigenvalue weighted by molar-refractivity contribution is 6.76. The van der Waals surface area contributed by atoms with E-state index in [-0.39, 0.29) is 64.4 Å². The third-order valence-corrected chi connectivity index (χ3v) is 16.6. The molecule has 15 heteroatoms. The molecule has 0 saturated heterocycles. The molecule has 0 aromatic rings. The fourth-order valence-corrected chi connectivity index (χ4v) is 11.7. The number of carbonyl (C=O) groups is 2. The van der Waals surface area contributed by atoms with Gasteiger partial charge in [0.05, 0.1) is 60.2 Å². The number of hydrogen-bond donors (Lipinski definition) is 0. The molecule has 0 aliphatic heterocycles. The quantitative estimate of drug-likeness (QED) is 0.0253. The molecule has 2 unspecified atom stereocenters. The molecular formula is C50H102F2NO10Si2+. The van der Waals surface area contributed by atoms with Crippen LogP contribution in [0.15, 0.2) is 0 Å². The summed E-state index contributed by atoms with van der Waals surface area (Å²) in [5.74, 6) is -0.587. The molecule has 0 amide bonds. The highest BCUT2D eigenvalue weighted by Crippen LogP contribution is 2.26. The molecular weight excluding hydrogens is 869 g/mol. The molecule has 0 aromatic carbocycles. The van der Waals surface area contributed by atoms with Gasteiger partial charge < -0.3 is 41.4 Å². The Bertz CT molecular complexity index is 1150. The van der Waals surface area contributed by atoms with Crippen LogP contribution in [0.25, 0.3) is 0 Å². The second kappa shape index (κ2) is 37.8. The average molecular weight is 972 g/mol. The van der Waals surface area contributed by atoms with Gasteiger partial charge in [-0.05, 0) is 65.7 Å². The first kappa shape index (κ1) is 64.0. The van der Waals surface area contributed by atoms with Gasteiger partial charge in [0.1, 0.15) is 13.2 Å². The predicted molar refractivity (Wildman–Crippen MR) is 265 cm³/mol. The van der Waals surface area contributed by atoms with Crippen LogP contribution in [0.5, 0.6) is 0 Å². The van der Waals surface area contributed by atoms with Gasteiger partial charge in [0.15, 0.2) is 0 Å². The van der Waals surface area contributed by atoms with Crippen molar-refractivity contribution in [3.05, 3.63) is 0 Å². The van der Waals surface area contributed by atoms with E-state index in [1.54, 1.807) is 0 Å². The molecule has 2 atom stereocenters. The summed E-state index contributed by atoms with van der Waals surface area (Å²) in [7, 11) is 0.653. The number of halogens is 2. The summed E-state index contributed by atoms with van der Waals surface area (Å²) >= 11 is 0. The van der Waals surface area contributed by atoms with Crippen LogP contribution in [-0.2, 0) is 46.6 Å². The van der Waals surface area contributed by atoms with Crippen molar-refractivity contribution >= 4 is 28.8 Å².